The van der Waals surface area contributed by atoms with Crippen LogP contribution in [0.3, 0.4) is 0 Å². The summed E-state index contributed by atoms with van der Waals surface area (Å²) in [6, 6.07) is 5.43. The summed E-state index contributed by atoms with van der Waals surface area (Å²) in [5.41, 5.74) is 0.964. The second-order valence-electron chi connectivity index (χ2n) is 5.00. The van der Waals surface area contributed by atoms with Crippen molar-refractivity contribution in [1.29, 1.82) is 0 Å². The van der Waals surface area contributed by atoms with Crippen LogP contribution in [0.25, 0.3) is 0 Å². The number of halogens is 1. The monoisotopic (exact) mass is 251 g/mol. The van der Waals surface area contributed by atoms with Gasteiger partial charge in [-0.25, -0.2) is 4.39 Å². The van der Waals surface area contributed by atoms with E-state index in [4.69, 9.17) is 4.74 Å². The molecule has 1 aromatic rings. The summed E-state index contributed by atoms with van der Waals surface area (Å²) < 4.78 is 18.4. The highest BCUT2D eigenvalue weighted by atomic mass is 19.1. The molecule has 1 aliphatic carbocycles. The summed E-state index contributed by atoms with van der Waals surface area (Å²) >= 11 is 0. The molecule has 100 valence electrons. The Kier molecular flexibility index (Phi) is 5.00. The first-order valence-electron chi connectivity index (χ1n) is 6.85. The molecule has 0 amide bonds. The fourth-order valence-corrected chi connectivity index (χ4v) is 2.66. The molecule has 1 N–H and O–H groups in total. The van der Waals surface area contributed by atoms with Gasteiger partial charge in [0.1, 0.15) is 11.6 Å². The van der Waals surface area contributed by atoms with Gasteiger partial charge in [-0.3, -0.25) is 0 Å². The zero-order valence-electron chi connectivity index (χ0n) is 11.0. The Morgan fingerprint density at radius 3 is 2.83 bits per heavy atom. The lowest BCUT2D eigenvalue weighted by Crippen LogP contribution is -2.27. The summed E-state index contributed by atoms with van der Waals surface area (Å²) in [4.78, 5) is 0. The fourth-order valence-electron chi connectivity index (χ4n) is 2.66. The van der Waals surface area contributed by atoms with Crippen molar-refractivity contribution in [3.8, 4) is 5.75 Å². The smallest absolute Gasteiger partial charge is 0.123 e. The van der Waals surface area contributed by atoms with Crippen LogP contribution in [-0.2, 0) is 6.42 Å². The van der Waals surface area contributed by atoms with Crippen LogP contribution in [0, 0.1) is 5.82 Å². The highest BCUT2D eigenvalue weighted by Crippen LogP contribution is 2.21. The maximum atomic E-state index is 13.2. The molecule has 0 atom stereocenters. The maximum absolute atomic E-state index is 13.2. The molecular formula is C15H22FNO. The quantitative estimate of drug-likeness (QED) is 0.783. The second kappa shape index (κ2) is 6.74. The van der Waals surface area contributed by atoms with Gasteiger partial charge in [-0.15, -0.1) is 0 Å². The second-order valence-corrected chi connectivity index (χ2v) is 5.00. The minimum atomic E-state index is -0.186. The van der Waals surface area contributed by atoms with Crippen LogP contribution in [0.1, 0.15) is 37.7 Å². The molecule has 1 fully saturated rings. The molecule has 0 saturated heterocycles. The van der Waals surface area contributed by atoms with Gasteiger partial charge in [0, 0.05) is 6.04 Å². The Labute approximate surface area is 109 Å². The Hall–Kier alpha value is -1.09. The lowest BCUT2D eigenvalue weighted by Gasteiger charge is -2.12. The number of hydrogen-bond donors (Lipinski definition) is 1. The molecule has 0 bridgehead atoms. The van der Waals surface area contributed by atoms with E-state index in [0.717, 1.165) is 30.7 Å². The van der Waals surface area contributed by atoms with E-state index < -0.39 is 0 Å². The van der Waals surface area contributed by atoms with Crippen molar-refractivity contribution in [3.63, 3.8) is 0 Å². The average Bonchev–Trinajstić information content (AvgIpc) is 2.88. The largest absolute Gasteiger partial charge is 0.496 e. The van der Waals surface area contributed by atoms with E-state index in [0.29, 0.717) is 6.04 Å². The van der Waals surface area contributed by atoms with E-state index in [1.54, 1.807) is 19.2 Å². The van der Waals surface area contributed by atoms with Crippen LogP contribution in [0.2, 0.25) is 0 Å². The summed E-state index contributed by atoms with van der Waals surface area (Å²) in [6.45, 7) is 1.00. The van der Waals surface area contributed by atoms with Gasteiger partial charge in [-0.2, -0.15) is 0 Å². The molecule has 0 unspecified atom stereocenters. The van der Waals surface area contributed by atoms with Crippen LogP contribution in [-0.4, -0.2) is 19.7 Å². The predicted octanol–water partition coefficient (Wildman–Crippen LogP) is 3.30. The van der Waals surface area contributed by atoms with Gasteiger partial charge in [0.25, 0.3) is 0 Å². The molecule has 1 aromatic carbocycles. The topological polar surface area (TPSA) is 21.3 Å². The molecular weight excluding hydrogens is 229 g/mol. The van der Waals surface area contributed by atoms with E-state index in [1.165, 1.54) is 31.7 Å². The molecule has 0 heterocycles. The van der Waals surface area contributed by atoms with Gasteiger partial charge < -0.3 is 10.1 Å². The van der Waals surface area contributed by atoms with E-state index in [1.807, 2.05) is 0 Å². The number of nitrogens with one attached hydrogen (secondary N) is 1. The van der Waals surface area contributed by atoms with Gasteiger partial charge in [-0.05, 0) is 56.0 Å². The summed E-state index contributed by atoms with van der Waals surface area (Å²) in [7, 11) is 1.63. The molecule has 18 heavy (non-hydrogen) atoms. The molecule has 0 spiro atoms. The van der Waals surface area contributed by atoms with Gasteiger partial charge in [0.15, 0.2) is 0 Å². The first kappa shape index (κ1) is 13.3. The number of hydrogen-bond acceptors (Lipinski definition) is 2. The van der Waals surface area contributed by atoms with Crippen LogP contribution in [0.15, 0.2) is 18.2 Å². The first-order chi connectivity index (χ1) is 8.79. The van der Waals surface area contributed by atoms with Crippen LogP contribution in [0.4, 0.5) is 4.39 Å². The van der Waals surface area contributed by atoms with Crippen molar-refractivity contribution in [3.05, 3.63) is 29.6 Å². The normalized spacial score (nSPS) is 16.1. The van der Waals surface area contributed by atoms with Crippen molar-refractivity contribution >= 4 is 0 Å². The highest BCUT2D eigenvalue weighted by molar-refractivity contribution is 5.33. The van der Waals surface area contributed by atoms with E-state index in [2.05, 4.69) is 5.32 Å². The minimum Gasteiger partial charge on any atom is -0.496 e. The number of aryl methyl sites for hydroxylation is 1. The SMILES string of the molecule is COc1ccc(F)cc1CCCNC1CCCC1. The molecule has 0 radical (unpaired) electrons. The lowest BCUT2D eigenvalue weighted by molar-refractivity contribution is 0.407. The zero-order chi connectivity index (χ0) is 12.8. The van der Waals surface area contributed by atoms with Gasteiger partial charge in [-0.1, -0.05) is 12.8 Å². The Morgan fingerprint density at radius 2 is 2.11 bits per heavy atom. The molecule has 2 rings (SSSR count). The minimum absolute atomic E-state index is 0.186. The average molecular weight is 251 g/mol. The first-order valence-corrected chi connectivity index (χ1v) is 6.85. The Morgan fingerprint density at radius 1 is 1.33 bits per heavy atom. The molecule has 0 aromatic heterocycles. The van der Waals surface area contributed by atoms with Crippen LogP contribution < -0.4 is 10.1 Å². The van der Waals surface area contributed by atoms with Gasteiger partial charge in [0.05, 0.1) is 7.11 Å². The molecule has 0 aliphatic heterocycles. The van der Waals surface area contributed by atoms with Crippen molar-refractivity contribution in [2.45, 2.75) is 44.6 Å². The van der Waals surface area contributed by atoms with Crippen molar-refractivity contribution in [1.82, 2.24) is 5.32 Å². The van der Waals surface area contributed by atoms with Crippen molar-refractivity contribution in [2.75, 3.05) is 13.7 Å². The third-order valence-corrected chi connectivity index (χ3v) is 3.65. The Bertz CT molecular complexity index is 375. The third kappa shape index (κ3) is 3.70. The van der Waals surface area contributed by atoms with Crippen molar-refractivity contribution < 1.29 is 9.13 Å². The number of ether oxygens (including phenoxy) is 1. The summed E-state index contributed by atoms with van der Waals surface area (Å²) in [6.07, 6.45) is 7.22. The summed E-state index contributed by atoms with van der Waals surface area (Å²) in [5.74, 6) is 0.604. The number of rotatable bonds is 6. The van der Waals surface area contributed by atoms with Crippen LogP contribution >= 0.6 is 0 Å². The number of benzene rings is 1. The van der Waals surface area contributed by atoms with Crippen molar-refractivity contribution in [2.24, 2.45) is 0 Å². The Balaban J connectivity index is 1.76. The highest BCUT2D eigenvalue weighted by Gasteiger charge is 2.13. The predicted molar refractivity (Wildman–Crippen MR) is 71.5 cm³/mol. The van der Waals surface area contributed by atoms with Gasteiger partial charge >= 0.3 is 0 Å². The van der Waals surface area contributed by atoms with E-state index >= 15 is 0 Å². The standard InChI is InChI=1S/C15H22FNO/c1-18-15-9-8-13(16)11-12(15)5-4-10-17-14-6-2-3-7-14/h8-9,11,14,17H,2-7,10H2,1H3. The van der Waals surface area contributed by atoms with E-state index in [9.17, 15) is 4.39 Å². The third-order valence-electron chi connectivity index (χ3n) is 3.65. The zero-order valence-corrected chi connectivity index (χ0v) is 11.0. The van der Waals surface area contributed by atoms with Crippen LogP contribution in [0.5, 0.6) is 5.75 Å². The molecule has 1 aliphatic rings. The summed E-state index contributed by atoms with van der Waals surface area (Å²) in [5, 5.41) is 3.57. The molecule has 2 nitrogen and oxygen atoms in total. The lowest BCUT2D eigenvalue weighted by atomic mass is 10.1. The van der Waals surface area contributed by atoms with Gasteiger partial charge in [0.2, 0.25) is 0 Å². The molecule has 3 heteroatoms. The van der Waals surface area contributed by atoms with E-state index in [-0.39, 0.29) is 5.82 Å². The molecule has 1 saturated carbocycles. The number of methoxy groups -OCH3 is 1. The fraction of sp³-hybridized carbons (Fsp3) is 0.600. The maximum Gasteiger partial charge on any atom is 0.123 e.